The quantitative estimate of drug-likeness (QED) is 0.825. The average molecular weight is 326 g/mol. The van der Waals surface area contributed by atoms with Crippen LogP contribution in [0, 0.1) is 5.82 Å². The fourth-order valence-electron chi connectivity index (χ4n) is 1.87. The van der Waals surface area contributed by atoms with Crippen LogP contribution in [-0.4, -0.2) is 16.3 Å². The van der Waals surface area contributed by atoms with E-state index in [2.05, 4.69) is 33.3 Å². The maximum absolute atomic E-state index is 13.3. The van der Waals surface area contributed by atoms with Crippen LogP contribution in [0.15, 0.2) is 34.9 Å². The molecule has 1 aromatic heterocycles. The fraction of sp³-hybridized carbons (Fsp3) is 0.357. The highest BCUT2D eigenvalue weighted by atomic mass is 79.9. The molecular weight excluding hydrogens is 309 g/mol. The number of aromatic nitrogens is 2. The van der Waals surface area contributed by atoms with Crippen molar-refractivity contribution in [3.8, 4) is 0 Å². The SMILES string of the molecule is CCCNCc1ccnn1Cc1cc(F)ccc1Br. The van der Waals surface area contributed by atoms with Gasteiger partial charge in [-0.05, 0) is 42.8 Å². The van der Waals surface area contributed by atoms with E-state index >= 15 is 0 Å². The fourth-order valence-corrected chi connectivity index (χ4v) is 2.24. The zero-order chi connectivity index (χ0) is 13.7. The Morgan fingerprint density at radius 3 is 3.00 bits per heavy atom. The van der Waals surface area contributed by atoms with Gasteiger partial charge >= 0.3 is 0 Å². The van der Waals surface area contributed by atoms with E-state index in [9.17, 15) is 4.39 Å². The van der Waals surface area contributed by atoms with Gasteiger partial charge in [0.25, 0.3) is 0 Å². The van der Waals surface area contributed by atoms with Crippen LogP contribution in [-0.2, 0) is 13.1 Å². The highest BCUT2D eigenvalue weighted by Gasteiger charge is 2.07. The van der Waals surface area contributed by atoms with Crippen molar-refractivity contribution in [2.45, 2.75) is 26.4 Å². The van der Waals surface area contributed by atoms with Crippen LogP contribution in [0.3, 0.4) is 0 Å². The van der Waals surface area contributed by atoms with Crippen LogP contribution >= 0.6 is 15.9 Å². The Hall–Kier alpha value is -1.20. The number of benzene rings is 1. The molecule has 0 amide bonds. The molecule has 19 heavy (non-hydrogen) atoms. The molecule has 0 saturated carbocycles. The number of hydrogen-bond donors (Lipinski definition) is 1. The summed E-state index contributed by atoms with van der Waals surface area (Å²) in [4.78, 5) is 0. The summed E-state index contributed by atoms with van der Waals surface area (Å²) in [5, 5.41) is 7.64. The van der Waals surface area contributed by atoms with Crippen molar-refractivity contribution in [2.24, 2.45) is 0 Å². The van der Waals surface area contributed by atoms with E-state index in [0.29, 0.717) is 6.54 Å². The average Bonchev–Trinajstić information content (AvgIpc) is 2.82. The molecule has 0 saturated heterocycles. The lowest BCUT2D eigenvalue weighted by molar-refractivity contribution is 0.585. The van der Waals surface area contributed by atoms with Gasteiger partial charge in [-0.25, -0.2) is 4.39 Å². The molecule has 0 radical (unpaired) electrons. The Labute approximate surface area is 121 Å². The molecule has 0 fully saturated rings. The molecule has 0 aliphatic carbocycles. The van der Waals surface area contributed by atoms with Crippen molar-refractivity contribution in [3.63, 3.8) is 0 Å². The predicted molar refractivity (Wildman–Crippen MR) is 77.4 cm³/mol. The monoisotopic (exact) mass is 325 g/mol. The lowest BCUT2D eigenvalue weighted by Gasteiger charge is -2.10. The van der Waals surface area contributed by atoms with Crippen molar-refractivity contribution in [1.82, 2.24) is 15.1 Å². The molecule has 5 heteroatoms. The second-order valence-corrected chi connectivity index (χ2v) is 5.25. The smallest absolute Gasteiger partial charge is 0.123 e. The molecule has 2 rings (SSSR count). The van der Waals surface area contributed by atoms with Crippen molar-refractivity contribution >= 4 is 15.9 Å². The summed E-state index contributed by atoms with van der Waals surface area (Å²) in [5.41, 5.74) is 1.99. The summed E-state index contributed by atoms with van der Waals surface area (Å²) in [6.07, 6.45) is 2.87. The summed E-state index contributed by atoms with van der Waals surface area (Å²) in [6.45, 7) is 4.46. The van der Waals surface area contributed by atoms with E-state index in [1.807, 2.05) is 10.7 Å². The molecule has 2 aromatic rings. The third-order valence-corrected chi connectivity index (χ3v) is 3.64. The molecule has 0 unspecified atom stereocenters. The highest BCUT2D eigenvalue weighted by Crippen LogP contribution is 2.19. The van der Waals surface area contributed by atoms with Crippen LogP contribution in [0.5, 0.6) is 0 Å². The minimum Gasteiger partial charge on any atom is -0.311 e. The van der Waals surface area contributed by atoms with Crippen LogP contribution in [0.25, 0.3) is 0 Å². The van der Waals surface area contributed by atoms with Gasteiger partial charge in [-0.2, -0.15) is 5.10 Å². The second kappa shape index (κ2) is 6.82. The second-order valence-electron chi connectivity index (χ2n) is 4.39. The van der Waals surface area contributed by atoms with Gasteiger partial charge in [0.05, 0.1) is 12.2 Å². The first kappa shape index (κ1) is 14.2. The van der Waals surface area contributed by atoms with Crippen molar-refractivity contribution in [1.29, 1.82) is 0 Å². The minimum absolute atomic E-state index is 0.226. The first-order valence-corrected chi connectivity index (χ1v) is 7.15. The summed E-state index contributed by atoms with van der Waals surface area (Å²) < 4.78 is 16.1. The molecule has 102 valence electrons. The molecule has 0 spiro atoms. The topological polar surface area (TPSA) is 29.9 Å². The van der Waals surface area contributed by atoms with Gasteiger partial charge in [0, 0.05) is 17.2 Å². The normalized spacial score (nSPS) is 10.9. The Balaban J connectivity index is 2.10. The predicted octanol–water partition coefficient (Wildman–Crippen LogP) is 3.33. The lowest BCUT2D eigenvalue weighted by Crippen LogP contribution is -2.17. The van der Waals surface area contributed by atoms with Crippen molar-refractivity contribution < 1.29 is 4.39 Å². The molecular formula is C14H17BrFN3. The third kappa shape index (κ3) is 3.88. The Kier molecular flexibility index (Phi) is 5.10. The van der Waals surface area contributed by atoms with E-state index in [1.165, 1.54) is 12.1 Å². The number of halogens is 2. The standard InChI is InChI=1S/C14H17BrFN3/c1-2-6-17-9-13-5-7-18-19(13)10-11-8-12(16)3-4-14(11)15/h3-5,7-8,17H,2,6,9-10H2,1H3. The van der Waals surface area contributed by atoms with Gasteiger partial charge in [0.2, 0.25) is 0 Å². The van der Waals surface area contributed by atoms with Crippen LogP contribution in [0.2, 0.25) is 0 Å². The van der Waals surface area contributed by atoms with Crippen molar-refractivity contribution in [2.75, 3.05) is 6.54 Å². The van der Waals surface area contributed by atoms with Gasteiger partial charge in [0.1, 0.15) is 5.82 Å². The first-order chi connectivity index (χ1) is 9.20. The zero-order valence-corrected chi connectivity index (χ0v) is 12.5. The van der Waals surface area contributed by atoms with Gasteiger partial charge < -0.3 is 5.32 Å². The van der Waals surface area contributed by atoms with E-state index in [1.54, 1.807) is 12.3 Å². The molecule has 1 heterocycles. The Morgan fingerprint density at radius 2 is 2.21 bits per heavy atom. The minimum atomic E-state index is -0.226. The molecule has 0 atom stereocenters. The zero-order valence-electron chi connectivity index (χ0n) is 10.9. The van der Waals surface area contributed by atoms with E-state index in [0.717, 1.165) is 35.2 Å². The van der Waals surface area contributed by atoms with Crippen LogP contribution < -0.4 is 5.32 Å². The summed E-state index contributed by atoms with van der Waals surface area (Å²) in [7, 11) is 0. The summed E-state index contributed by atoms with van der Waals surface area (Å²) in [5.74, 6) is -0.226. The van der Waals surface area contributed by atoms with Crippen molar-refractivity contribution in [3.05, 3.63) is 52.0 Å². The maximum Gasteiger partial charge on any atom is 0.123 e. The molecule has 3 nitrogen and oxygen atoms in total. The number of hydrogen-bond acceptors (Lipinski definition) is 2. The van der Waals surface area contributed by atoms with Gasteiger partial charge in [0.15, 0.2) is 0 Å². The first-order valence-electron chi connectivity index (χ1n) is 6.36. The van der Waals surface area contributed by atoms with Gasteiger partial charge in [-0.3, -0.25) is 4.68 Å². The largest absolute Gasteiger partial charge is 0.311 e. The molecule has 1 aromatic carbocycles. The Bertz CT molecular complexity index is 539. The van der Waals surface area contributed by atoms with Gasteiger partial charge in [-0.15, -0.1) is 0 Å². The number of nitrogens with one attached hydrogen (secondary N) is 1. The van der Waals surface area contributed by atoms with Crippen LogP contribution in [0.4, 0.5) is 4.39 Å². The number of rotatable bonds is 6. The molecule has 0 aliphatic rings. The molecule has 0 aliphatic heterocycles. The summed E-state index contributed by atoms with van der Waals surface area (Å²) in [6, 6.07) is 6.69. The third-order valence-electron chi connectivity index (χ3n) is 2.87. The van der Waals surface area contributed by atoms with Gasteiger partial charge in [-0.1, -0.05) is 22.9 Å². The Morgan fingerprint density at radius 1 is 1.37 bits per heavy atom. The highest BCUT2D eigenvalue weighted by molar-refractivity contribution is 9.10. The van der Waals surface area contributed by atoms with Crippen LogP contribution in [0.1, 0.15) is 24.6 Å². The lowest BCUT2D eigenvalue weighted by atomic mass is 10.2. The summed E-state index contributed by atoms with van der Waals surface area (Å²) >= 11 is 3.44. The molecule has 0 bridgehead atoms. The molecule has 1 N–H and O–H groups in total. The van der Waals surface area contributed by atoms with E-state index in [4.69, 9.17) is 0 Å². The van der Waals surface area contributed by atoms with E-state index in [-0.39, 0.29) is 5.82 Å². The number of nitrogens with zero attached hydrogens (tertiary/aromatic N) is 2. The maximum atomic E-state index is 13.3. The van der Waals surface area contributed by atoms with E-state index < -0.39 is 0 Å².